The molecule has 0 aromatic rings. The third-order valence-electron chi connectivity index (χ3n) is 2.07. The van der Waals surface area contributed by atoms with Crippen LogP contribution in [0.1, 0.15) is 19.8 Å². The van der Waals surface area contributed by atoms with Crippen molar-refractivity contribution in [2.45, 2.75) is 25.8 Å². The lowest BCUT2D eigenvalue weighted by Gasteiger charge is -2.22. The van der Waals surface area contributed by atoms with Gasteiger partial charge in [0.15, 0.2) is 0 Å². The van der Waals surface area contributed by atoms with Gasteiger partial charge in [-0.3, -0.25) is 4.79 Å². The highest BCUT2D eigenvalue weighted by Gasteiger charge is 2.26. The lowest BCUT2D eigenvalue weighted by Crippen LogP contribution is -2.37. The molecular weight excluding hydrogens is 154 g/mol. The zero-order valence-electron chi connectivity index (χ0n) is 7.32. The number of esters is 1. The fraction of sp³-hybridized carbons (Fsp3) is 0.667. The summed E-state index contributed by atoms with van der Waals surface area (Å²) < 4.78 is 4.90. The molecule has 0 amide bonds. The average Bonchev–Trinajstić information content (AvgIpc) is 2.05. The van der Waals surface area contributed by atoms with E-state index in [1.807, 2.05) is 19.1 Å². The third kappa shape index (κ3) is 2.08. The van der Waals surface area contributed by atoms with Crippen LogP contribution in [-0.4, -0.2) is 18.6 Å². The van der Waals surface area contributed by atoms with Crippen LogP contribution in [0.3, 0.4) is 0 Å². The Kier molecular flexibility index (Phi) is 3.29. The molecule has 0 aromatic carbocycles. The van der Waals surface area contributed by atoms with Gasteiger partial charge in [0.25, 0.3) is 0 Å². The van der Waals surface area contributed by atoms with Gasteiger partial charge in [-0.2, -0.15) is 0 Å². The van der Waals surface area contributed by atoms with E-state index in [1.54, 1.807) is 0 Å². The predicted octanol–water partition coefficient (Wildman–Crippen LogP) is 0.843. The van der Waals surface area contributed by atoms with Crippen molar-refractivity contribution in [2.24, 2.45) is 11.7 Å². The van der Waals surface area contributed by atoms with E-state index in [9.17, 15) is 4.79 Å². The number of hydrogen-bond acceptors (Lipinski definition) is 3. The van der Waals surface area contributed by atoms with Crippen molar-refractivity contribution in [3.8, 4) is 0 Å². The van der Waals surface area contributed by atoms with Crippen molar-refractivity contribution in [3.05, 3.63) is 12.2 Å². The van der Waals surface area contributed by atoms with E-state index in [2.05, 4.69) is 0 Å². The van der Waals surface area contributed by atoms with Crippen molar-refractivity contribution in [1.82, 2.24) is 0 Å². The summed E-state index contributed by atoms with van der Waals surface area (Å²) in [6.45, 7) is 2.24. The first-order valence-corrected chi connectivity index (χ1v) is 4.33. The molecule has 0 spiro atoms. The van der Waals surface area contributed by atoms with Crippen LogP contribution in [0, 0.1) is 5.92 Å². The molecule has 1 aliphatic rings. The molecule has 68 valence electrons. The van der Waals surface area contributed by atoms with Crippen LogP contribution in [-0.2, 0) is 9.53 Å². The number of ether oxygens (including phenoxy) is 1. The van der Waals surface area contributed by atoms with Gasteiger partial charge in [-0.05, 0) is 19.8 Å². The number of carbonyl (C=O) groups excluding carboxylic acids is 1. The highest BCUT2D eigenvalue weighted by Crippen LogP contribution is 2.18. The Morgan fingerprint density at radius 1 is 1.58 bits per heavy atom. The normalized spacial score (nSPS) is 28.5. The SMILES string of the molecule is CCOC(=O)[C@H]1CC=CC[C@@H]1N. The molecule has 0 aliphatic heterocycles. The van der Waals surface area contributed by atoms with Crippen LogP contribution < -0.4 is 5.73 Å². The topological polar surface area (TPSA) is 52.3 Å². The van der Waals surface area contributed by atoms with Crippen LogP contribution in [0.5, 0.6) is 0 Å². The summed E-state index contributed by atoms with van der Waals surface area (Å²) in [4.78, 5) is 11.3. The smallest absolute Gasteiger partial charge is 0.310 e. The summed E-state index contributed by atoms with van der Waals surface area (Å²) in [6, 6.07) is -0.0611. The van der Waals surface area contributed by atoms with Gasteiger partial charge in [0.05, 0.1) is 12.5 Å². The molecule has 2 N–H and O–H groups in total. The maximum atomic E-state index is 11.3. The molecule has 12 heavy (non-hydrogen) atoms. The van der Waals surface area contributed by atoms with E-state index >= 15 is 0 Å². The summed E-state index contributed by atoms with van der Waals surface area (Å²) in [5.74, 6) is -0.288. The molecular formula is C9H15NO2. The van der Waals surface area contributed by atoms with Gasteiger partial charge < -0.3 is 10.5 Å². The van der Waals surface area contributed by atoms with Crippen LogP contribution in [0.25, 0.3) is 0 Å². The fourth-order valence-electron chi connectivity index (χ4n) is 1.36. The summed E-state index contributed by atoms with van der Waals surface area (Å²) in [5, 5.41) is 0. The first-order valence-electron chi connectivity index (χ1n) is 4.33. The maximum Gasteiger partial charge on any atom is 0.310 e. The zero-order valence-corrected chi connectivity index (χ0v) is 7.32. The van der Waals surface area contributed by atoms with E-state index in [0.717, 1.165) is 12.8 Å². The van der Waals surface area contributed by atoms with Gasteiger partial charge in [0.1, 0.15) is 0 Å². The molecule has 0 saturated heterocycles. The number of carbonyl (C=O) groups is 1. The largest absolute Gasteiger partial charge is 0.466 e. The molecule has 0 aromatic heterocycles. The van der Waals surface area contributed by atoms with Crippen LogP contribution >= 0.6 is 0 Å². The van der Waals surface area contributed by atoms with Gasteiger partial charge in [0, 0.05) is 6.04 Å². The minimum Gasteiger partial charge on any atom is -0.466 e. The number of hydrogen-bond donors (Lipinski definition) is 1. The Bertz CT molecular complexity index is 189. The first-order chi connectivity index (χ1) is 5.75. The second-order valence-electron chi connectivity index (χ2n) is 2.97. The third-order valence-corrected chi connectivity index (χ3v) is 2.07. The molecule has 3 nitrogen and oxygen atoms in total. The van der Waals surface area contributed by atoms with E-state index in [-0.39, 0.29) is 17.9 Å². The molecule has 0 saturated carbocycles. The van der Waals surface area contributed by atoms with Crippen molar-refractivity contribution in [2.75, 3.05) is 6.61 Å². The second kappa shape index (κ2) is 4.26. The summed E-state index contributed by atoms with van der Waals surface area (Å²) in [7, 11) is 0. The summed E-state index contributed by atoms with van der Waals surface area (Å²) >= 11 is 0. The van der Waals surface area contributed by atoms with Crippen molar-refractivity contribution >= 4 is 5.97 Å². The van der Waals surface area contributed by atoms with Gasteiger partial charge >= 0.3 is 5.97 Å². The van der Waals surface area contributed by atoms with Gasteiger partial charge in [0.2, 0.25) is 0 Å². The molecule has 1 rings (SSSR count). The van der Waals surface area contributed by atoms with Crippen molar-refractivity contribution < 1.29 is 9.53 Å². The second-order valence-corrected chi connectivity index (χ2v) is 2.97. The minimum atomic E-state index is -0.158. The lowest BCUT2D eigenvalue weighted by atomic mass is 9.90. The number of rotatable bonds is 2. The fourth-order valence-corrected chi connectivity index (χ4v) is 1.36. The van der Waals surface area contributed by atoms with Crippen molar-refractivity contribution in [1.29, 1.82) is 0 Å². The van der Waals surface area contributed by atoms with Crippen LogP contribution in [0.15, 0.2) is 12.2 Å². The monoisotopic (exact) mass is 169 g/mol. The summed E-state index contributed by atoms with van der Waals surface area (Å²) in [5.41, 5.74) is 5.76. The Hall–Kier alpha value is -0.830. The molecule has 0 heterocycles. The Morgan fingerprint density at radius 2 is 2.25 bits per heavy atom. The highest BCUT2D eigenvalue weighted by atomic mass is 16.5. The molecule has 0 fully saturated rings. The highest BCUT2D eigenvalue weighted by molar-refractivity contribution is 5.73. The van der Waals surface area contributed by atoms with E-state index < -0.39 is 0 Å². The summed E-state index contributed by atoms with van der Waals surface area (Å²) in [6.07, 6.45) is 5.51. The Morgan fingerprint density at radius 3 is 2.83 bits per heavy atom. The van der Waals surface area contributed by atoms with Gasteiger partial charge in [-0.1, -0.05) is 12.2 Å². The molecule has 1 aliphatic carbocycles. The number of allylic oxidation sites excluding steroid dienone is 1. The quantitative estimate of drug-likeness (QED) is 0.492. The molecule has 0 unspecified atom stereocenters. The lowest BCUT2D eigenvalue weighted by molar-refractivity contribution is -0.148. The number of nitrogens with two attached hydrogens (primary N) is 1. The minimum absolute atomic E-state index is 0.0611. The van der Waals surface area contributed by atoms with E-state index in [0.29, 0.717) is 6.61 Å². The Balaban J connectivity index is 2.49. The molecule has 2 atom stereocenters. The zero-order chi connectivity index (χ0) is 8.97. The van der Waals surface area contributed by atoms with Gasteiger partial charge in [-0.25, -0.2) is 0 Å². The van der Waals surface area contributed by atoms with E-state index in [1.165, 1.54) is 0 Å². The molecule has 0 radical (unpaired) electrons. The van der Waals surface area contributed by atoms with Crippen LogP contribution in [0.2, 0.25) is 0 Å². The van der Waals surface area contributed by atoms with Crippen molar-refractivity contribution in [3.63, 3.8) is 0 Å². The molecule has 3 heteroatoms. The Labute approximate surface area is 72.6 Å². The maximum absolute atomic E-state index is 11.3. The van der Waals surface area contributed by atoms with Gasteiger partial charge in [-0.15, -0.1) is 0 Å². The van der Waals surface area contributed by atoms with E-state index in [4.69, 9.17) is 10.5 Å². The average molecular weight is 169 g/mol. The predicted molar refractivity (Wildman–Crippen MR) is 46.5 cm³/mol. The standard InChI is InChI=1S/C9H15NO2/c1-2-12-9(11)7-5-3-4-6-8(7)10/h3-4,7-8H,2,5-6,10H2,1H3/t7-,8-/m0/s1. The van der Waals surface area contributed by atoms with Crippen LogP contribution in [0.4, 0.5) is 0 Å². The first kappa shape index (κ1) is 9.26. The molecule has 0 bridgehead atoms.